The van der Waals surface area contributed by atoms with Gasteiger partial charge in [0.2, 0.25) is 0 Å². The van der Waals surface area contributed by atoms with Gasteiger partial charge in [-0.25, -0.2) is 0 Å². The smallest absolute Gasteiger partial charge is 0.251 e. The second kappa shape index (κ2) is 9.94. The van der Waals surface area contributed by atoms with Crippen LogP contribution < -0.4 is 10.1 Å². The second-order valence-corrected chi connectivity index (χ2v) is 8.97. The summed E-state index contributed by atoms with van der Waals surface area (Å²) in [5.74, 6) is 2.22. The fourth-order valence-corrected chi connectivity index (χ4v) is 5.27. The molecule has 29 heavy (non-hydrogen) atoms. The van der Waals surface area contributed by atoms with Gasteiger partial charge in [-0.15, -0.1) is 0 Å². The Labute approximate surface area is 175 Å². The van der Waals surface area contributed by atoms with Gasteiger partial charge in [0.05, 0.1) is 13.2 Å². The lowest BCUT2D eigenvalue weighted by Crippen LogP contribution is -2.48. The van der Waals surface area contributed by atoms with Crippen molar-refractivity contribution in [2.45, 2.75) is 57.9 Å². The average Bonchev–Trinajstić information content (AvgIpc) is 3.22. The van der Waals surface area contributed by atoms with E-state index in [9.17, 15) is 4.79 Å². The number of carbonyl (C=O) groups is 1. The van der Waals surface area contributed by atoms with Crippen molar-refractivity contribution in [3.63, 3.8) is 0 Å². The molecule has 0 bridgehead atoms. The number of nitrogens with one attached hydrogen (secondary N) is 1. The standard InChI is InChI=1S/C24H36N2O3/c1-2-28-17-18-6-5-12-26(15-18)16-21-7-3-4-8-22(21)25-24(27)20-9-10-23-19(14-20)11-13-29-23/h9-10,14,18,21-22H,2-8,11-13,15-17H2,1H3,(H,25,27)/t18?,21-,22+/m1/s1. The zero-order valence-electron chi connectivity index (χ0n) is 17.8. The number of hydrogen-bond acceptors (Lipinski definition) is 4. The molecule has 1 saturated heterocycles. The molecule has 1 aliphatic carbocycles. The van der Waals surface area contributed by atoms with Crippen molar-refractivity contribution < 1.29 is 14.3 Å². The fraction of sp³-hybridized carbons (Fsp3) is 0.708. The maximum Gasteiger partial charge on any atom is 0.251 e. The van der Waals surface area contributed by atoms with E-state index in [0.29, 0.717) is 11.8 Å². The van der Waals surface area contributed by atoms with Crippen LogP contribution in [0.3, 0.4) is 0 Å². The van der Waals surface area contributed by atoms with E-state index >= 15 is 0 Å². The highest BCUT2D eigenvalue weighted by molar-refractivity contribution is 5.94. The van der Waals surface area contributed by atoms with Gasteiger partial charge in [0.1, 0.15) is 5.75 Å². The summed E-state index contributed by atoms with van der Waals surface area (Å²) in [6.45, 7) is 7.93. The third-order valence-corrected chi connectivity index (χ3v) is 6.83. The normalized spacial score (nSPS) is 27.3. The molecule has 4 rings (SSSR count). The molecule has 1 saturated carbocycles. The number of benzene rings is 1. The molecule has 2 aliphatic heterocycles. The number of fused-ring (bicyclic) bond motifs is 1. The van der Waals surface area contributed by atoms with E-state index in [2.05, 4.69) is 17.1 Å². The Balaban J connectivity index is 1.34. The lowest BCUT2D eigenvalue weighted by atomic mass is 9.83. The van der Waals surface area contributed by atoms with Gasteiger partial charge >= 0.3 is 0 Å². The summed E-state index contributed by atoms with van der Waals surface area (Å²) in [6, 6.07) is 6.15. The van der Waals surface area contributed by atoms with Gasteiger partial charge in [0.15, 0.2) is 0 Å². The molecular formula is C24H36N2O3. The molecular weight excluding hydrogens is 364 g/mol. The van der Waals surface area contributed by atoms with Crippen LogP contribution in [0.15, 0.2) is 18.2 Å². The highest BCUT2D eigenvalue weighted by Crippen LogP contribution is 2.29. The molecule has 3 atom stereocenters. The quantitative estimate of drug-likeness (QED) is 0.759. The number of nitrogens with zero attached hydrogens (tertiary/aromatic N) is 1. The van der Waals surface area contributed by atoms with Crippen molar-refractivity contribution in [3.8, 4) is 5.75 Å². The number of rotatable bonds is 7. The summed E-state index contributed by atoms with van der Waals surface area (Å²) in [7, 11) is 0. The van der Waals surface area contributed by atoms with Crippen molar-refractivity contribution in [2.75, 3.05) is 39.5 Å². The van der Waals surface area contributed by atoms with E-state index in [4.69, 9.17) is 9.47 Å². The van der Waals surface area contributed by atoms with Crippen LogP contribution in [0.4, 0.5) is 0 Å². The van der Waals surface area contributed by atoms with Crippen LogP contribution in [0.1, 0.15) is 61.4 Å². The minimum atomic E-state index is 0.0736. The van der Waals surface area contributed by atoms with E-state index in [1.54, 1.807) is 0 Å². The highest BCUT2D eigenvalue weighted by Gasteiger charge is 2.30. The van der Waals surface area contributed by atoms with Crippen molar-refractivity contribution in [3.05, 3.63) is 29.3 Å². The van der Waals surface area contributed by atoms with Gasteiger partial charge in [-0.3, -0.25) is 4.79 Å². The molecule has 3 aliphatic rings. The Morgan fingerprint density at radius 3 is 3.03 bits per heavy atom. The summed E-state index contributed by atoms with van der Waals surface area (Å²) in [5.41, 5.74) is 1.93. The first-order valence-electron chi connectivity index (χ1n) is 11.6. The molecule has 2 heterocycles. The van der Waals surface area contributed by atoms with Crippen LogP contribution in [0.25, 0.3) is 0 Å². The molecule has 2 fully saturated rings. The third kappa shape index (κ3) is 5.32. The summed E-state index contributed by atoms with van der Waals surface area (Å²) < 4.78 is 11.2. The molecule has 5 heteroatoms. The molecule has 0 radical (unpaired) electrons. The van der Waals surface area contributed by atoms with Crippen LogP contribution in [-0.4, -0.2) is 56.3 Å². The molecule has 1 aromatic carbocycles. The lowest BCUT2D eigenvalue weighted by Gasteiger charge is -2.39. The van der Waals surface area contributed by atoms with E-state index < -0.39 is 0 Å². The van der Waals surface area contributed by atoms with E-state index in [1.807, 2.05) is 18.2 Å². The molecule has 1 N–H and O–H groups in total. The predicted octanol–water partition coefficient (Wildman–Crippen LogP) is 3.66. The van der Waals surface area contributed by atoms with Crippen LogP contribution in [0.2, 0.25) is 0 Å². The predicted molar refractivity (Wildman–Crippen MR) is 115 cm³/mol. The largest absolute Gasteiger partial charge is 0.493 e. The molecule has 160 valence electrons. The Bertz CT molecular complexity index is 693. The van der Waals surface area contributed by atoms with Gasteiger partial charge in [-0.05, 0) is 74.8 Å². The molecule has 1 aromatic rings. The lowest BCUT2D eigenvalue weighted by molar-refractivity contribution is 0.0548. The fourth-order valence-electron chi connectivity index (χ4n) is 5.27. The summed E-state index contributed by atoms with van der Waals surface area (Å²) in [6.07, 6.45) is 8.26. The summed E-state index contributed by atoms with van der Waals surface area (Å²) in [5, 5.41) is 3.38. The molecule has 0 spiro atoms. The van der Waals surface area contributed by atoms with Crippen molar-refractivity contribution in [1.29, 1.82) is 0 Å². The van der Waals surface area contributed by atoms with Gasteiger partial charge < -0.3 is 19.7 Å². The van der Waals surface area contributed by atoms with E-state index in [0.717, 1.165) is 62.6 Å². The minimum absolute atomic E-state index is 0.0736. The zero-order valence-corrected chi connectivity index (χ0v) is 17.8. The molecule has 1 unspecified atom stereocenters. The Morgan fingerprint density at radius 1 is 1.24 bits per heavy atom. The van der Waals surface area contributed by atoms with Crippen molar-refractivity contribution in [2.24, 2.45) is 11.8 Å². The zero-order chi connectivity index (χ0) is 20.1. The first-order chi connectivity index (χ1) is 14.2. The number of piperidine rings is 1. The molecule has 0 aromatic heterocycles. The van der Waals surface area contributed by atoms with Crippen LogP contribution >= 0.6 is 0 Å². The maximum absolute atomic E-state index is 12.9. The van der Waals surface area contributed by atoms with Gasteiger partial charge in [-0.2, -0.15) is 0 Å². The Hall–Kier alpha value is -1.59. The number of hydrogen-bond donors (Lipinski definition) is 1. The van der Waals surface area contributed by atoms with Crippen molar-refractivity contribution >= 4 is 5.91 Å². The second-order valence-electron chi connectivity index (χ2n) is 8.97. The Morgan fingerprint density at radius 2 is 2.14 bits per heavy atom. The highest BCUT2D eigenvalue weighted by atomic mass is 16.5. The first-order valence-corrected chi connectivity index (χ1v) is 11.6. The number of amides is 1. The summed E-state index contributed by atoms with van der Waals surface area (Å²) >= 11 is 0. The SMILES string of the molecule is CCOCC1CCCN(C[C@H]2CCCC[C@@H]2NC(=O)c2ccc3c(c2)CCO3)C1. The first kappa shape index (κ1) is 20.7. The summed E-state index contributed by atoms with van der Waals surface area (Å²) in [4.78, 5) is 15.6. The van der Waals surface area contributed by atoms with Gasteiger partial charge in [0.25, 0.3) is 5.91 Å². The monoisotopic (exact) mass is 400 g/mol. The van der Waals surface area contributed by atoms with Crippen LogP contribution in [0, 0.1) is 11.8 Å². The minimum Gasteiger partial charge on any atom is -0.493 e. The topological polar surface area (TPSA) is 50.8 Å². The van der Waals surface area contributed by atoms with Crippen LogP contribution in [-0.2, 0) is 11.2 Å². The van der Waals surface area contributed by atoms with Crippen molar-refractivity contribution in [1.82, 2.24) is 10.2 Å². The number of likely N-dealkylation sites (tertiary alicyclic amines) is 1. The molecule has 1 amide bonds. The van der Waals surface area contributed by atoms with Gasteiger partial charge in [-0.1, -0.05) is 12.8 Å². The number of ether oxygens (including phenoxy) is 2. The maximum atomic E-state index is 12.9. The van der Waals surface area contributed by atoms with E-state index in [1.165, 1.54) is 38.6 Å². The average molecular weight is 401 g/mol. The van der Waals surface area contributed by atoms with Crippen LogP contribution in [0.5, 0.6) is 5.75 Å². The van der Waals surface area contributed by atoms with E-state index in [-0.39, 0.29) is 11.9 Å². The Kier molecular flexibility index (Phi) is 7.09. The number of carbonyl (C=O) groups excluding carboxylic acids is 1. The third-order valence-electron chi connectivity index (χ3n) is 6.83. The molecule has 5 nitrogen and oxygen atoms in total. The van der Waals surface area contributed by atoms with Gasteiger partial charge in [0, 0.05) is 37.7 Å².